The monoisotopic (exact) mass is 512 g/mol. The Kier molecular flexibility index (Phi) is 8.81. The molecule has 3 rings (SSSR count). The maximum Gasteiger partial charge on any atom is 0.212 e. The maximum absolute atomic E-state index is 5.46. The summed E-state index contributed by atoms with van der Waals surface area (Å²) >= 11 is 0. The first-order valence-corrected chi connectivity index (χ1v) is 9.44. The molecule has 0 saturated carbocycles. The fourth-order valence-electron chi connectivity index (χ4n) is 3.28. The molecule has 1 aliphatic heterocycles. The second-order valence-corrected chi connectivity index (χ2v) is 6.53. The van der Waals surface area contributed by atoms with E-state index in [0.29, 0.717) is 12.4 Å². The highest BCUT2D eigenvalue weighted by atomic mass is 127. The molecule has 0 unspecified atom stereocenters. The topological polar surface area (TPSA) is 68.2 Å². The van der Waals surface area contributed by atoms with Gasteiger partial charge in [-0.1, -0.05) is 6.07 Å². The maximum atomic E-state index is 5.46. The van der Waals surface area contributed by atoms with Crippen LogP contribution in [0, 0.1) is 0 Å². The smallest absolute Gasteiger partial charge is 0.212 e. The number of hydrogen-bond acceptors (Lipinski definition) is 5. The zero-order valence-corrected chi connectivity index (χ0v) is 19.7. The number of ether oxygens (including phenoxy) is 3. The van der Waals surface area contributed by atoms with Crippen molar-refractivity contribution >= 4 is 29.9 Å². The average Bonchev–Trinajstić information content (AvgIpc) is 2.75. The summed E-state index contributed by atoms with van der Waals surface area (Å²) in [5.41, 5.74) is 3.57. The van der Waals surface area contributed by atoms with Crippen LogP contribution >= 0.6 is 24.0 Å². The van der Waals surface area contributed by atoms with E-state index in [1.807, 2.05) is 12.1 Å². The summed E-state index contributed by atoms with van der Waals surface area (Å²) in [4.78, 5) is 11.3. The van der Waals surface area contributed by atoms with Crippen LogP contribution in [0.1, 0.15) is 23.6 Å². The third-order valence-corrected chi connectivity index (χ3v) is 4.77. The Morgan fingerprint density at radius 2 is 1.83 bits per heavy atom. The van der Waals surface area contributed by atoms with E-state index in [1.165, 1.54) is 11.1 Å². The van der Waals surface area contributed by atoms with E-state index in [4.69, 9.17) is 19.2 Å². The number of rotatable bonds is 6. The molecule has 0 saturated heterocycles. The zero-order chi connectivity index (χ0) is 19.9. The largest absolute Gasteiger partial charge is 0.493 e. The van der Waals surface area contributed by atoms with Gasteiger partial charge in [0.15, 0.2) is 17.5 Å². The summed E-state index contributed by atoms with van der Waals surface area (Å²) in [6.45, 7) is 5.14. The van der Waals surface area contributed by atoms with Crippen molar-refractivity contribution in [2.24, 2.45) is 4.99 Å². The van der Waals surface area contributed by atoms with E-state index in [1.54, 1.807) is 27.5 Å². The van der Waals surface area contributed by atoms with Gasteiger partial charge in [-0.2, -0.15) is 0 Å². The molecule has 2 aromatic rings. The van der Waals surface area contributed by atoms with Gasteiger partial charge in [0.05, 0.1) is 27.9 Å². The first-order valence-electron chi connectivity index (χ1n) is 9.44. The van der Waals surface area contributed by atoms with Crippen LogP contribution in [0.15, 0.2) is 35.5 Å². The molecule has 0 fully saturated rings. The number of aromatic nitrogens is 1. The molecule has 1 aliphatic rings. The van der Waals surface area contributed by atoms with Crippen molar-refractivity contribution in [2.75, 3.05) is 34.4 Å². The Balaban J connectivity index is 0.00000300. The molecule has 1 aromatic carbocycles. The Morgan fingerprint density at radius 3 is 2.41 bits per heavy atom. The lowest BCUT2D eigenvalue weighted by Gasteiger charge is -2.32. The Hall–Kier alpha value is -2.23. The molecular weight excluding hydrogens is 483 g/mol. The fraction of sp³-hybridized carbons (Fsp3) is 0.429. The molecule has 8 heteroatoms. The molecular formula is C21H29IN4O3. The number of fused-ring (bicyclic) bond motifs is 1. The molecule has 2 heterocycles. The van der Waals surface area contributed by atoms with Gasteiger partial charge in [-0.25, -0.2) is 9.98 Å². The number of guanidine groups is 1. The third-order valence-electron chi connectivity index (χ3n) is 4.77. The van der Waals surface area contributed by atoms with Crippen LogP contribution in [0.4, 0.5) is 0 Å². The van der Waals surface area contributed by atoms with E-state index in [2.05, 4.69) is 34.3 Å². The van der Waals surface area contributed by atoms with Crippen LogP contribution in [0.25, 0.3) is 0 Å². The minimum Gasteiger partial charge on any atom is -0.493 e. The molecule has 0 bridgehead atoms. The van der Waals surface area contributed by atoms with Crippen LogP contribution in [0.5, 0.6) is 17.4 Å². The van der Waals surface area contributed by atoms with Gasteiger partial charge in [-0.05, 0) is 42.2 Å². The lowest BCUT2D eigenvalue weighted by atomic mass is 9.99. The van der Waals surface area contributed by atoms with E-state index >= 15 is 0 Å². The van der Waals surface area contributed by atoms with Crippen LogP contribution in [-0.4, -0.2) is 50.3 Å². The van der Waals surface area contributed by atoms with Gasteiger partial charge in [0.1, 0.15) is 0 Å². The number of hydrogen-bond donors (Lipinski definition) is 1. The molecule has 29 heavy (non-hydrogen) atoms. The van der Waals surface area contributed by atoms with Gasteiger partial charge in [-0.3, -0.25) is 0 Å². The van der Waals surface area contributed by atoms with Gasteiger partial charge in [0, 0.05) is 31.9 Å². The summed E-state index contributed by atoms with van der Waals surface area (Å²) in [6.07, 6.45) is 2.73. The number of halogens is 1. The number of pyridine rings is 1. The highest BCUT2D eigenvalue weighted by Gasteiger charge is 2.21. The van der Waals surface area contributed by atoms with E-state index < -0.39 is 0 Å². The molecule has 0 radical (unpaired) electrons. The van der Waals surface area contributed by atoms with E-state index in [0.717, 1.165) is 49.1 Å². The Bertz CT molecular complexity index is 827. The lowest BCUT2D eigenvalue weighted by Crippen LogP contribution is -2.44. The predicted molar refractivity (Wildman–Crippen MR) is 125 cm³/mol. The number of nitrogens with one attached hydrogen (secondary N) is 1. The van der Waals surface area contributed by atoms with Crippen molar-refractivity contribution in [1.82, 2.24) is 15.2 Å². The highest BCUT2D eigenvalue weighted by molar-refractivity contribution is 14.0. The molecule has 1 N–H and O–H groups in total. The summed E-state index contributed by atoms with van der Waals surface area (Å²) in [6, 6.07) is 7.99. The van der Waals surface area contributed by atoms with Gasteiger partial charge >= 0.3 is 0 Å². The van der Waals surface area contributed by atoms with Gasteiger partial charge in [-0.15, -0.1) is 24.0 Å². The first kappa shape index (κ1) is 23.1. The molecule has 0 atom stereocenters. The quantitative estimate of drug-likeness (QED) is 0.364. The van der Waals surface area contributed by atoms with Crippen LogP contribution in [-0.2, 0) is 19.5 Å². The molecule has 1 aromatic heterocycles. The van der Waals surface area contributed by atoms with E-state index in [9.17, 15) is 0 Å². The van der Waals surface area contributed by atoms with Crippen LogP contribution < -0.4 is 19.5 Å². The Morgan fingerprint density at radius 1 is 1.10 bits per heavy atom. The molecule has 0 aliphatic carbocycles. The number of methoxy groups -OCH3 is 3. The van der Waals surface area contributed by atoms with Crippen molar-refractivity contribution < 1.29 is 14.2 Å². The Labute approximate surface area is 189 Å². The highest BCUT2D eigenvalue weighted by Crippen LogP contribution is 2.33. The van der Waals surface area contributed by atoms with Crippen molar-refractivity contribution in [3.63, 3.8) is 0 Å². The predicted octanol–water partition coefficient (Wildman–Crippen LogP) is 3.25. The summed E-state index contributed by atoms with van der Waals surface area (Å²) in [5, 5.41) is 3.40. The normalized spacial score (nSPS) is 13.2. The third kappa shape index (κ3) is 5.65. The summed E-state index contributed by atoms with van der Waals surface area (Å²) in [7, 11) is 4.95. The van der Waals surface area contributed by atoms with Crippen molar-refractivity contribution in [1.29, 1.82) is 0 Å². The summed E-state index contributed by atoms with van der Waals surface area (Å²) < 4.78 is 16.0. The zero-order valence-electron chi connectivity index (χ0n) is 17.4. The minimum absolute atomic E-state index is 0. The number of aliphatic imine (C=N–C) groups is 1. The van der Waals surface area contributed by atoms with Crippen LogP contribution in [0.3, 0.4) is 0 Å². The standard InChI is InChI=1S/C21H28N4O3.HI/c1-5-22-21(24-13-15-6-7-20(28-4)23-12-15)25-9-8-16-10-18(26-2)19(27-3)11-17(16)14-25;/h6-7,10-12H,5,8-9,13-14H2,1-4H3,(H,22,24);1H. The van der Waals surface area contributed by atoms with E-state index in [-0.39, 0.29) is 24.0 Å². The molecule has 0 spiro atoms. The van der Waals surface area contributed by atoms with Gasteiger partial charge < -0.3 is 24.4 Å². The average molecular weight is 512 g/mol. The van der Waals surface area contributed by atoms with Crippen molar-refractivity contribution in [3.05, 3.63) is 47.2 Å². The summed E-state index contributed by atoms with van der Waals surface area (Å²) in [5.74, 6) is 3.05. The number of benzene rings is 1. The second-order valence-electron chi connectivity index (χ2n) is 6.53. The minimum atomic E-state index is 0. The lowest BCUT2D eigenvalue weighted by molar-refractivity contribution is 0.346. The SMILES string of the molecule is CCNC(=NCc1ccc(OC)nc1)N1CCc2cc(OC)c(OC)cc2C1.I. The first-order chi connectivity index (χ1) is 13.7. The fourth-order valence-corrected chi connectivity index (χ4v) is 3.28. The van der Waals surface area contributed by atoms with Crippen LogP contribution in [0.2, 0.25) is 0 Å². The van der Waals surface area contributed by atoms with Crippen molar-refractivity contribution in [3.8, 4) is 17.4 Å². The second kappa shape index (κ2) is 11.1. The van der Waals surface area contributed by atoms with Crippen molar-refractivity contribution in [2.45, 2.75) is 26.4 Å². The molecule has 0 amide bonds. The molecule has 158 valence electrons. The number of nitrogens with zero attached hydrogens (tertiary/aromatic N) is 3. The van der Waals surface area contributed by atoms with Gasteiger partial charge in [0.2, 0.25) is 5.88 Å². The molecule has 7 nitrogen and oxygen atoms in total. The van der Waals surface area contributed by atoms with Gasteiger partial charge in [0.25, 0.3) is 0 Å².